The zero-order chi connectivity index (χ0) is 16.4. The van der Waals surface area contributed by atoms with E-state index < -0.39 is 0 Å². The summed E-state index contributed by atoms with van der Waals surface area (Å²) >= 11 is 1.62. The summed E-state index contributed by atoms with van der Waals surface area (Å²) in [6.07, 6.45) is 3.30. The van der Waals surface area contributed by atoms with Crippen LogP contribution in [0.25, 0.3) is 10.2 Å². The van der Waals surface area contributed by atoms with E-state index in [0.717, 1.165) is 16.2 Å². The van der Waals surface area contributed by atoms with Crippen LogP contribution in [0.3, 0.4) is 0 Å². The number of aryl methyl sites for hydroxylation is 2. The zero-order valence-corrected chi connectivity index (χ0v) is 14.1. The average molecular weight is 326 g/mol. The Labute approximate surface area is 139 Å². The van der Waals surface area contributed by atoms with Crippen LogP contribution in [-0.2, 0) is 4.79 Å². The lowest BCUT2D eigenvalue weighted by atomic mass is 10.1. The van der Waals surface area contributed by atoms with Crippen molar-refractivity contribution in [3.8, 4) is 0 Å². The van der Waals surface area contributed by atoms with Gasteiger partial charge in [0.25, 0.3) is 0 Å². The maximum Gasteiger partial charge on any atom is 0.244 e. The van der Waals surface area contributed by atoms with Crippen molar-refractivity contribution in [2.24, 2.45) is 0 Å². The number of likely N-dealkylation sites (N-methyl/N-ethyl adjacent to an activating group) is 1. The van der Waals surface area contributed by atoms with E-state index in [1.165, 1.54) is 10.3 Å². The number of benzene rings is 1. The molecule has 0 aliphatic carbocycles. The van der Waals surface area contributed by atoms with E-state index in [9.17, 15) is 4.79 Å². The number of aromatic nitrogens is 2. The summed E-state index contributed by atoms with van der Waals surface area (Å²) in [5, 5.41) is 3.68. The van der Waals surface area contributed by atoms with E-state index in [1.807, 2.05) is 18.0 Å². The van der Waals surface area contributed by atoms with Crippen LogP contribution in [-0.4, -0.2) is 29.5 Å². The van der Waals surface area contributed by atoms with Gasteiger partial charge in [0.05, 0.1) is 28.6 Å². The van der Waals surface area contributed by atoms with Gasteiger partial charge in [-0.15, -0.1) is 0 Å². The van der Waals surface area contributed by atoms with Crippen molar-refractivity contribution in [2.45, 2.75) is 13.8 Å². The molecule has 0 fully saturated rings. The lowest BCUT2D eigenvalue weighted by Gasteiger charge is -2.15. The van der Waals surface area contributed by atoms with Crippen molar-refractivity contribution < 1.29 is 4.79 Å². The number of hydrogen-bond acceptors (Lipinski definition) is 5. The van der Waals surface area contributed by atoms with Crippen molar-refractivity contribution in [1.29, 1.82) is 0 Å². The van der Waals surface area contributed by atoms with E-state index in [1.54, 1.807) is 29.8 Å². The molecule has 0 spiro atoms. The Kier molecular flexibility index (Phi) is 4.25. The SMILES string of the molecule is Cc1ccc(C)c2sc(N(C)CC(=O)Nc3cccnc3)nc12. The molecular formula is C17H18N4OS. The molecule has 1 amide bonds. The number of rotatable bonds is 4. The lowest BCUT2D eigenvalue weighted by molar-refractivity contribution is -0.114. The third kappa shape index (κ3) is 3.32. The molecule has 2 heterocycles. The topological polar surface area (TPSA) is 58.1 Å². The van der Waals surface area contributed by atoms with Gasteiger partial charge in [-0.2, -0.15) is 0 Å². The van der Waals surface area contributed by atoms with Gasteiger partial charge in [-0.1, -0.05) is 23.5 Å². The van der Waals surface area contributed by atoms with Crippen LogP contribution in [0.15, 0.2) is 36.7 Å². The number of carbonyl (C=O) groups excluding carboxylic acids is 1. The number of fused-ring (bicyclic) bond motifs is 1. The second-order valence-corrected chi connectivity index (χ2v) is 6.50. The fraction of sp³-hybridized carbons (Fsp3) is 0.235. The molecule has 1 aromatic carbocycles. The summed E-state index contributed by atoms with van der Waals surface area (Å²) in [7, 11) is 1.88. The second-order valence-electron chi connectivity index (χ2n) is 5.52. The van der Waals surface area contributed by atoms with E-state index in [-0.39, 0.29) is 12.5 Å². The molecular weight excluding hydrogens is 308 g/mol. The number of hydrogen-bond donors (Lipinski definition) is 1. The lowest BCUT2D eigenvalue weighted by Crippen LogP contribution is -2.29. The Morgan fingerprint density at radius 1 is 1.26 bits per heavy atom. The number of nitrogens with zero attached hydrogens (tertiary/aromatic N) is 3. The van der Waals surface area contributed by atoms with Gasteiger partial charge in [0.1, 0.15) is 0 Å². The first-order valence-electron chi connectivity index (χ1n) is 7.32. The largest absolute Gasteiger partial charge is 0.342 e. The first kappa shape index (κ1) is 15.4. The van der Waals surface area contributed by atoms with Crippen LogP contribution >= 0.6 is 11.3 Å². The molecule has 0 radical (unpaired) electrons. The van der Waals surface area contributed by atoms with Crippen molar-refractivity contribution in [3.63, 3.8) is 0 Å². The third-order valence-corrected chi connectivity index (χ3v) is 4.89. The summed E-state index contributed by atoms with van der Waals surface area (Å²) in [6.45, 7) is 4.38. The first-order chi connectivity index (χ1) is 11.0. The third-order valence-electron chi connectivity index (χ3n) is 3.58. The predicted molar refractivity (Wildman–Crippen MR) is 95.2 cm³/mol. The molecule has 0 aliphatic rings. The average Bonchev–Trinajstić information content (AvgIpc) is 2.98. The molecule has 3 rings (SSSR count). The summed E-state index contributed by atoms with van der Waals surface area (Å²) in [4.78, 5) is 22.7. The van der Waals surface area contributed by atoms with Crippen molar-refractivity contribution in [3.05, 3.63) is 47.8 Å². The molecule has 2 aromatic heterocycles. The smallest absolute Gasteiger partial charge is 0.244 e. The fourth-order valence-corrected chi connectivity index (χ4v) is 3.40. The molecule has 0 unspecified atom stereocenters. The highest BCUT2D eigenvalue weighted by atomic mass is 32.1. The van der Waals surface area contributed by atoms with Crippen molar-refractivity contribution in [2.75, 3.05) is 23.8 Å². The molecule has 0 aliphatic heterocycles. The fourth-order valence-electron chi connectivity index (χ4n) is 2.33. The van der Waals surface area contributed by atoms with Crippen molar-refractivity contribution >= 4 is 38.3 Å². The maximum atomic E-state index is 12.1. The highest BCUT2D eigenvalue weighted by Crippen LogP contribution is 2.32. The van der Waals surface area contributed by atoms with Gasteiger partial charge in [-0.05, 0) is 37.1 Å². The number of anilines is 2. The standard InChI is InChI=1S/C17H18N4OS/c1-11-6-7-12(2)16-15(11)20-17(23-16)21(3)10-14(22)19-13-5-4-8-18-9-13/h4-9H,10H2,1-3H3,(H,19,22). The second kappa shape index (κ2) is 6.34. The molecule has 5 nitrogen and oxygen atoms in total. The van der Waals surface area contributed by atoms with Gasteiger partial charge in [0.2, 0.25) is 5.91 Å². The Hall–Kier alpha value is -2.47. The van der Waals surface area contributed by atoms with Gasteiger partial charge in [-0.25, -0.2) is 4.98 Å². The molecule has 0 saturated heterocycles. The summed E-state index contributed by atoms with van der Waals surface area (Å²) < 4.78 is 1.18. The summed E-state index contributed by atoms with van der Waals surface area (Å²) in [5.74, 6) is -0.0896. The molecule has 23 heavy (non-hydrogen) atoms. The normalized spacial score (nSPS) is 10.7. The van der Waals surface area contributed by atoms with Gasteiger partial charge in [0.15, 0.2) is 5.13 Å². The number of thiazole rings is 1. The van der Waals surface area contributed by atoms with E-state index in [2.05, 4.69) is 41.3 Å². The Bertz CT molecular complexity index is 805. The molecule has 6 heteroatoms. The van der Waals surface area contributed by atoms with E-state index in [4.69, 9.17) is 0 Å². The minimum Gasteiger partial charge on any atom is -0.342 e. The zero-order valence-electron chi connectivity index (χ0n) is 13.3. The van der Waals surface area contributed by atoms with Crippen LogP contribution in [0.4, 0.5) is 10.8 Å². The Balaban J connectivity index is 1.75. The quantitative estimate of drug-likeness (QED) is 0.798. The van der Waals surface area contributed by atoms with E-state index >= 15 is 0 Å². The van der Waals surface area contributed by atoms with Crippen molar-refractivity contribution in [1.82, 2.24) is 9.97 Å². The molecule has 0 atom stereocenters. The highest BCUT2D eigenvalue weighted by molar-refractivity contribution is 7.22. The predicted octanol–water partition coefficient (Wildman–Crippen LogP) is 3.38. The highest BCUT2D eigenvalue weighted by Gasteiger charge is 2.14. The van der Waals surface area contributed by atoms with Crippen LogP contribution in [0.2, 0.25) is 0 Å². The van der Waals surface area contributed by atoms with Gasteiger partial charge >= 0.3 is 0 Å². The van der Waals surface area contributed by atoms with Gasteiger partial charge in [0, 0.05) is 13.2 Å². The molecule has 118 valence electrons. The number of carbonyl (C=O) groups is 1. The molecule has 0 saturated carbocycles. The summed E-state index contributed by atoms with van der Waals surface area (Å²) in [6, 6.07) is 7.79. The van der Waals surface area contributed by atoms with Crippen LogP contribution in [0.1, 0.15) is 11.1 Å². The van der Waals surface area contributed by atoms with Gasteiger partial charge < -0.3 is 10.2 Å². The Morgan fingerprint density at radius 2 is 2.04 bits per heavy atom. The molecule has 0 bridgehead atoms. The number of pyridine rings is 1. The number of amides is 1. The minimum absolute atomic E-state index is 0.0896. The molecule has 1 N–H and O–H groups in total. The maximum absolute atomic E-state index is 12.1. The van der Waals surface area contributed by atoms with Crippen LogP contribution < -0.4 is 10.2 Å². The van der Waals surface area contributed by atoms with Gasteiger partial charge in [-0.3, -0.25) is 9.78 Å². The molecule has 3 aromatic rings. The van der Waals surface area contributed by atoms with Crippen LogP contribution in [0.5, 0.6) is 0 Å². The number of nitrogens with one attached hydrogen (secondary N) is 1. The van der Waals surface area contributed by atoms with Crippen LogP contribution in [0, 0.1) is 13.8 Å². The monoisotopic (exact) mass is 326 g/mol. The first-order valence-corrected chi connectivity index (χ1v) is 8.14. The minimum atomic E-state index is -0.0896. The Morgan fingerprint density at radius 3 is 2.74 bits per heavy atom. The van der Waals surface area contributed by atoms with E-state index in [0.29, 0.717) is 5.69 Å². The summed E-state index contributed by atoms with van der Waals surface area (Å²) in [5.41, 5.74) is 4.08.